The lowest BCUT2D eigenvalue weighted by Gasteiger charge is -2.22. The first-order valence-electron chi connectivity index (χ1n) is 11.6. The third-order valence-corrected chi connectivity index (χ3v) is 6.12. The number of hydrogen-bond donors (Lipinski definition) is 4. The van der Waals surface area contributed by atoms with Gasteiger partial charge in [0, 0.05) is 48.9 Å². The maximum absolute atomic E-state index is 13.0. The lowest BCUT2D eigenvalue weighted by atomic mass is 9.97. The van der Waals surface area contributed by atoms with Crippen LogP contribution in [-0.4, -0.2) is 40.1 Å². The van der Waals surface area contributed by atoms with Gasteiger partial charge in [0.15, 0.2) is 0 Å². The number of hydrogen-bond acceptors (Lipinski definition) is 4. The molecule has 8 nitrogen and oxygen atoms in total. The molecule has 3 rings (SSSR count). The minimum absolute atomic E-state index is 0.121. The quantitative estimate of drug-likeness (QED) is 0.407. The Hall–Kier alpha value is -2.87. The van der Waals surface area contributed by atoms with Crippen LogP contribution in [-0.2, 0) is 27.3 Å². The molecule has 1 aromatic carbocycles. The van der Waals surface area contributed by atoms with E-state index in [4.69, 9.17) is 5.21 Å². The predicted molar refractivity (Wildman–Crippen MR) is 122 cm³/mol. The third-order valence-electron chi connectivity index (χ3n) is 6.12. The normalized spacial score (nSPS) is 18.6. The molecule has 0 radical (unpaired) electrons. The fourth-order valence-corrected chi connectivity index (χ4v) is 4.43. The van der Waals surface area contributed by atoms with Crippen molar-refractivity contribution in [2.45, 2.75) is 70.9 Å². The summed E-state index contributed by atoms with van der Waals surface area (Å²) in [6.45, 7) is 3.43. The average molecular weight is 443 g/mol. The van der Waals surface area contributed by atoms with Gasteiger partial charge in [-0.15, -0.1) is 0 Å². The number of carbonyl (C=O) groups excluding carboxylic acids is 3. The number of nitrogens with one attached hydrogen (secondary N) is 3. The molecule has 1 aliphatic rings. The minimum Gasteiger partial charge on any atom is -0.354 e. The van der Waals surface area contributed by atoms with Gasteiger partial charge in [0.05, 0.1) is 0 Å². The molecule has 0 fully saturated rings. The third kappa shape index (κ3) is 6.09. The van der Waals surface area contributed by atoms with Crippen molar-refractivity contribution >= 4 is 28.6 Å². The molecular formula is C24H34N4O4. The van der Waals surface area contributed by atoms with Crippen LogP contribution in [0.5, 0.6) is 0 Å². The monoisotopic (exact) mass is 442 g/mol. The number of nitrogens with zero attached hydrogens (tertiary/aromatic N) is 1. The molecule has 1 aliphatic heterocycles. The van der Waals surface area contributed by atoms with Gasteiger partial charge in [-0.25, -0.2) is 5.48 Å². The summed E-state index contributed by atoms with van der Waals surface area (Å²) in [6, 6.07) is 7.40. The summed E-state index contributed by atoms with van der Waals surface area (Å²) in [5.41, 5.74) is 3.74. The molecule has 2 atom stereocenters. The molecule has 4 N–H and O–H groups in total. The van der Waals surface area contributed by atoms with Gasteiger partial charge in [0.25, 0.3) is 0 Å². The van der Waals surface area contributed by atoms with Crippen molar-refractivity contribution in [3.05, 3.63) is 36.0 Å². The fraction of sp³-hybridized carbons (Fsp3) is 0.542. The number of hydroxylamine groups is 1. The van der Waals surface area contributed by atoms with E-state index in [9.17, 15) is 14.4 Å². The lowest BCUT2D eigenvalue weighted by Crippen LogP contribution is -2.50. The number of fused-ring (bicyclic) bond motifs is 5. The van der Waals surface area contributed by atoms with Crippen molar-refractivity contribution in [3.8, 4) is 0 Å². The summed E-state index contributed by atoms with van der Waals surface area (Å²) in [6.07, 6.45) is 7.67. The molecule has 2 heterocycles. The van der Waals surface area contributed by atoms with E-state index in [2.05, 4.69) is 33.5 Å². The first-order valence-corrected chi connectivity index (χ1v) is 11.6. The van der Waals surface area contributed by atoms with E-state index in [0.717, 1.165) is 48.7 Å². The van der Waals surface area contributed by atoms with Gasteiger partial charge in [-0.1, -0.05) is 44.4 Å². The fourth-order valence-electron chi connectivity index (χ4n) is 4.43. The zero-order chi connectivity index (χ0) is 22.9. The maximum Gasteiger partial charge on any atom is 0.244 e. The molecule has 0 spiro atoms. The standard InChI is InChI=1S/C24H34N4O4/c1-2-9-17(15-22(29)27-32)23(30)26-20-14-18-16-28(21-11-6-5-10-19(18)21)13-8-4-3-7-12-25-24(20)31/h5-6,10-11,16-17,20,32H,2-4,7-9,12-15H2,1H3,(H,25,31)(H,26,30)(H,27,29)/t17-,20+/m1/s1. The summed E-state index contributed by atoms with van der Waals surface area (Å²) in [4.78, 5) is 37.7. The molecule has 2 aromatic rings. The first-order chi connectivity index (χ1) is 15.5. The zero-order valence-electron chi connectivity index (χ0n) is 18.7. The van der Waals surface area contributed by atoms with Gasteiger partial charge in [0.1, 0.15) is 6.04 Å². The van der Waals surface area contributed by atoms with Crippen LogP contribution in [0.15, 0.2) is 30.5 Å². The second-order valence-corrected chi connectivity index (χ2v) is 8.56. The Morgan fingerprint density at radius 2 is 2.00 bits per heavy atom. The second-order valence-electron chi connectivity index (χ2n) is 8.56. The summed E-state index contributed by atoms with van der Waals surface area (Å²) >= 11 is 0. The van der Waals surface area contributed by atoms with Crippen LogP contribution in [0.2, 0.25) is 0 Å². The van der Waals surface area contributed by atoms with Gasteiger partial charge < -0.3 is 15.2 Å². The molecule has 2 bridgehead atoms. The van der Waals surface area contributed by atoms with Gasteiger partial charge in [0.2, 0.25) is 17.7 Å². The van der Waals surface area contributed by atoms with E-state index >= 15 is 0 Å². The van der Waals surface area contributed by atoms with Crippen molar-refractivity contribution in [3.63, 3.8) is 0 Å². The van der Waals surface area contributed by atoms with Crippen molar-refractivity contribution in [2.75, 3.05) is 6.54 Å². The van der Waals surface area contributed by atoms with E-state index in [1.807, 2.05) is 19.1 Å². The number of benzene rings is 1. The average Bonchev–Trinajstić information content (AvgIpc) is 3.14. The van der Waals surface area contributed by atoms with E-state index in [0.29, 0.717) is 25.8 Å². The maximum atomic E-state index is 13.0. The molecule has 3 amide bonds. The molecule has 1 aromatic heterocycles. The van der Waals surface area contributed by atoms with Crippen LogP contribution in [0.25, 0.3) is 10.9 Å². The molecule has 8 heteroatoms. The number of amides is 3. The van der Waals surface area contributed by atoms with Crippen LogP contribution in [0.3, 0.4) is 0 Å². The highest BCUT2D eigenvalue weighted by molar-refractivity contribution is 5.91. The SMILES string of the molecule is CCC[C@H](CC(=O)NO)C(=O)N[C@H]1Cc2cn(c3ccccc23)CCCCCCNC1=O. The van der Waals surface area contributed by atoms with Crippen LogP contribution in [0.1, 0.15) is 57.4 Å². The Bertz CT molecular complexity index is 939. The lowest BCUT2D eigenvalue weighted by molar-refractivity contribution is -0.136. The molecule has 0 saturated heterocycles. The summed E-state index contributed by atoms with van der Waals surface area (Å²) in [5.74, 6) is -1.77. The highest BCUT2D eigenvalue weighted by Gasteiger charge is 2.28. The van der Waals surface area contributed by atoms with Crippen molar-refractivity contribution in [1.29, 1.82) is 0 Å². The van der Waals surface area contributed by atoms with Crippen LogP contribution in [0, 0.1) is 5.92 Å². The van der Waals surface area contributed by atoms with Crippen LogP contribution < -0.4 is 16.1 Å². The number of aromatic nitrogens is 1. The van der Waals surface area contributed by atoms with Crippen LogP contribution in [0.4, 0.5) is 0 Å². The number of aryl methyl sites for hydroxylation is 1. The Labute approximate surface area is 188 Å². The Kier molecular flexibility index (Phi) is 8.67. The summed E-state index contributed by atoms with van der Waals surface area (Å²) < 4.78 is 2.24. The second kappa shape index (κ2) is 11.7. The number of carbonyl (C=O) groups is 3. The van der Waals surface area contributed by atoms with E-state index < -0.39 is 17.9 Å². The highest BCUT2D eigenvalue weighted by Crippen LogP contribution is 2.24. The smallest absolute Gasteiger partial charge is 0.244 e. The topological polar surface area (TPSA) is 112 Å². The van der Waals surface area contributed by atoms with E-state index in [-0.39, 0.29) is 18.2 Å². The Morgan fingerprint density at radius 1 is 1.22 bits per heavy atom. The van der Waals surface area contributed by atoms with Crippen molar-refractivity contribution in [2.24, 2.45) is 5.92 Å². The van der Waals surface area contributed by atoms with Crippen molar-refractivity contribution in [1.82, 2.24) is 20.7 Å². The van der Waals surface area contributed by atoms with Gasteiger partial charge in [-0.2, -0.15) is 0 Å². The van der Waals surface area contributed by atoms with Crippen molar-refractivity contribution < 1.29 is 19.6 Å². The van der Waals surface area contributed by atoms with Gasteiger partial charge in [-0.05, 0) is 30.9 Å². The highest BCUT2D eigenvalue weighted by atomic mass is 16.5. The van der Waals surface area contributed by atoms with E-state index in [1.54, 1.807) is 5.48 Å². The molecule has 174 valence electrons. The van der Waals surface area contributed by atoms with E-state index in [1.165, 1.54) is 0 Å². The summed E-state index contributed by atoms with van der Waals surface area (Å²) in [5, 5.41) is 15.8. The van der Waals surface area contributed by atoms with Gasteiger partial charge >= 0.3 is 0 Å². The van der Waals surface area contributed by atoms with Gasteiger partial charge in [-0.3, -0.25) is 19.6 Å². The molecule has 32 heavy (non-hydrogen) atoms. The molecule has 0 unspecified atom stereocenters. The summed E-state index contributed by atoms with van der Waals surface area (Å²) in [7, 11) is 0. The van der Waals surface area contributed by atoms with Crippen LogP contribution >= 0.6 is 0 Å². The molecule has 0 saturated carbocycles. The Morgan fingerprint density at radius 3 is 2.78 bits per heavy atom. The molecular weight excluding hydrogens is 408 g/mol. The zero-order valence-corrected chi connectivity index (χ0v) is 18.7. The minimum atomic E-state index is -0.737. The Balaban J connectivity index is 1.87. The molecule has 0 aliphatic carbocycles. The number of para-hydroxylation sites is 1. The largest absolute Gasteiger partial charge is 0.354 e. The first kappa shape index (κ1) is 23.8. The predicted octanol–water partition coefficient (Wildman–Crippen LogP) is 2.67. The number of rotatable bonds is 6.